The fraction of sp³-hybridized carbons (Fsp3) is 0.583. The van der Waals surface area contributed by atoms with Gasteiger partial charge in [0.1, 0.15) is 5.76 Å². The molecule has 2 rings (SSSR count). The van der Waals surface area contributed by atoms with Crippen molar-refractivity contribution in [1.29, 1.82) is 0 Å². The maximum atomic E-state index is 5.35. The topological polar surface area (TPSA) is 12.5 Å². The molecular formula is C12H18NO. The summed E-state index contributed by atoms with van der Waals surface area (Å²) in [4.78, 5) is 2.50. The van der Waals surface area contributed by atoms with Gasteiger partial charge in [-0.05, 0) is 44.8 Å². The average molecular weight is 192 g/mol. The lowest BCUT2D eigenvalue weighted by Crippen LogP contribution is -2.23. The van der Waals surface area contributed by atoms with E-state index in [0.717, 1.165) is 18.7 Å². The molecule has 0 atom stereocenters. The Kier molecular flexibility index (Phi) is 3.25. The number of likely N-dealkylation sites (tertiary alicyclic amines) is 1. The Morgan fingerprint density at radius 3 is 2.86 bits per heavy atom. The number of nitrogens with zero attached hydrogens (tertiary/aromatic N) is 1. The summed E-state index contributed by atoms with van der Waals surface area (Å²) in [5.74, 6) is 1.04. The molecule has 2 aliphatic rings. The zero-order chi connectivity index (χ0) is 9.80. The van der Waals surface area contributed by atoms with Crippen LogP contribution >= 0.6 is 0 Å². The van der Waals surface area contributed by atoms with Crippen molar-refractivity contribution >= 4 is 0 Å². The summed E-state index contributed by atoms with van der Waals surface area (Å²) in [6.45, 7) is 3.56. The van der Waals surface area contributed by atoms with E-state index >= 15 is 0 Å². The van der Waals surface area contributed by atoms with Gasteiger partial charge in [0.2, 0.25) is 0 Å². The Labute approximate surface area is 86.2 Å². The molecule has 1 saturated heterocycles. The van der Waals surface area contributed by atoms with E-state index in [4.69, 9.17) is 4.74 Å². The molecule has 0 saturated carbocycles. The van der Waals surface area contributed by atoms with Crippen molar-refractivity contribution in [3.05, 3.63) is 29.9 Å². The molecule has 0 N–H and O–H groups in total. The lowest BCUT2D eigenvalue weighted by Gasteiger charge is -2.20. The molecule has 1 heterocycles. The summed E-state index contributed by atoms with van der Waals surface area (Å²) in [5, 5.41) is 0. The van der Waals surface area contributed by atoms with Gasteiger partial charge in [0.25, 0.3) is 0 Å². The van der Waals surface area contributed by atoms with Crippen molar-refractivity contribution < 1.29 is 4.74 Å². The van der Waals surface area contributed by atoms with Crippen LogP contribution in [0.2, 0.25) is 0 Å². The van der Waals surface area contributed by atoms with E-state index in [1.54, 1.807) is 7.11 Å². The van der Waals surface area contributed by atoms with Crippen LogP contribution in [0, 0.1) is 6.42 Å². The molecule has 0 aromatic carbocycles. The fourth-order valence-corrected chi connectivity index (χ4v) is 2.12. The second-order valence-electron chi connectivity index (χ2n) is 3.92. The largest absolute Gasteiger partial charge is 0.497 e. The zero-order valence-electron chi connectivity index (χ0n) is 8.83. The van der Waals surface area contributed by atoms with Crippen molar-refractivity contribution in [1.82, 2.24) is 4.90 Å². The first-order chi connectivity index (χ1) is 6.90. The van der Waals surface area contributed by atoms with Gasteiger partial charge in [0.05, 0.1) is 7.11 Å². The van der Waals surface area contributed by atoms with Crippen LogP contribution in [0.4, 0.5) is 0 Å². The molecule has 0 amide bonds. The van der Waals surface area contributed by atoms with Crippen molar-refractivity contribution in [3.8, 4) is 0 Å². The zero-order valence-corrected chi connectivity index (χ0v) is 8.83. The molecule has 0 aromatic rings. The molecule has 1 aliphatic carbocycles. The number of allylic oxidation sites excluding steroid dienone is 2. The number of methoxy groups -OCH3 is 1. The van der Waals surface area contributed by atoms with Crippen molar-refractivity contribution in [2.24, 2.45) is 0 Å². The minimum atomic E-state index is 1.04. The molecule has 0 aromatic heterocycles. The summed E-state index contributed by atoms with van der Waals surface area (Å²) in [5.41, 5.74) is 1.36. The number of ether oxygens (including phenoxy) is 1. The van der Waals surface area contributed by atoms with E-state index < -0.39 is 0 Å². The van der Waals surface area contributed by atoms with Gasteiger partial charge in [-0.3, -0.25) is 4.90 Å². The van der Waals surface area contributed by atoms with Gasteiger partial charge < -0.3 is 4.74 Å². The van der Waals surface area contributed by atoms with Crippen molar-refractivity contribution in [2.45, 2.75) is 19.3 Å². The lowest BCUT2D eigenvalue weighted by atomic mass is 10.0. The predicted octanol–water partition coefficient (Wildman–Crippen LogP) is 2.15. The lowest BCUT2D eigenvalue weighted by molar-refractivity contribution is 0.283. The Bertz CT molecular complexity index is 249. The highest BCUT2D eigenvalue weighted by Crippen LogP contribution is 2.21. The molecule has 77 valence electrons. The van der Waals surface area contributed by atoms with Crippen LogP contribution in [0.25, 0.3) is 0 Å². The summed E-state index contributed by atoms with van der Waals surface area (Å²) in [7, 11) is 1.75. The summed E-state index contributed by atoms with van der Waals surface area (Å²) >= 11 is 0. The van der Waals surface area contributed by atoms with Gasteiger partial charge in [-0.25, -0.2) is 0 Å². The van der Waals surface area contributed by atoms with Crippen LogP contribution in [-0.2, 0) is 4.74 Å². The molecular weight excluding hydrogens is 174 g/mol. The van der Waals surface area contributed by atoms with E-state index in [-0.39, 0.29) is 0 Å². The summed E-state index contributed by atoms with van der Waals surface area (Å²) in [6, 6.07) is 0. The van der Waals surface area contributed by atoms with Crippen molar-refractivity contribution in [3.63, 3.8) is 0 Å². The number of rotatable bonds is 3. The molecule has 0 bridgehead atoms. The van der Waals surface area contributed by atoms with Crippen LogP contribution < -0.4 is 0 Å². The van der Waals surface area contributed by atoms with Gasteiger partial charge in [-0.15, -0.1) is 0 Å². The third kappa shape index (κ3) is 2.18. The molecule has 1 radical (unpaired) electrons. The Balaban J connectivity index is 1.95. The summed E-state index contributed by atoms with van der Waals surface area (Å²) < 4.78 is 5.35. The monoisotopic (exact) mass is 192 g/mol. The van der Waals surface area contributed by atoms with Gasteiger partial charge in [-0.1, -0.05) is 6.08 Å². The number of hydrogen-bond acceptors (Lipinski definition) is 2. The highest BCUT2D eigenvalue weighted by molar-refractivity contribution is 5.33. The van der Waals surface area contributed by atoms with Gasteiger partial charge >= 0.3 is 0 Å². The third-order valence-electron chi connectivity index (χ3n) is 2.90. The molecule has 14 heavy (non-hydrogen) atoms. The normalized spacial score (nSPS) is 23.2. The highest BCUT2D eigenvalue weighted by atomic mass is 16.5. The van der Waals surface area contributed by atoms with Crippen LogP contribution in [0.15, 0.2) is 23.5 Å². The smallest absolute Gasteiger partial charge is 0.119 e. The maximum absolute atomic E-state index is 5.35. The van der Waals surface area contributed by atoms with Crippen LogP contribution in [0.1, 0.15) is 19.3 Å². The second kappa shape index (κ2) is 4.65. The van der Waals surface area contributed by atoms with E-state index in [0.29, 0.717) is 0 Å². The molecule has 2 heteroatoms. The average Bonchev–Trinajstić information content (AvgIpc) is 2.71. The van der Waals surface area contributed by atoms with Gasteiger partial charge in [0, 0.05) is 12.1 Å². The fourth-order valence-electron chi connectivity index (χ4n) is 2.12. The minimum absolute atomic E-state index is 1.04. The van der Waals surface area contributed by atoms with Crippen molar-refractivity contribution in [2.75, 3.05) is 26.7 Å². The summed E-state index contributed by atoms with van der Waals surface area (Å²) in [6.07, 6.45) is 10.3. The SMILES string of the molecule is COC1=C[CH]CC=C1CN1CCCC1. The van der Waals surface area contributed by atoms with Crippen LogP contribution in [0.5, 0.6) is 0 Å². The molecule has 0 spiro atoms. The third-order valence-corrected chi connectivity index (χ3v) is 2.90. The standard InChI is InChI=1S/C12H18NO/c1-14-12-7-3-2-6-11(12)10-13-8-4-5-9-13/h3,6-7H,2,4-5,8-10H2,1H3. The Hall–Kier alpha value is -0.760. The van der Waals surface area contributed by atoms with Gasteiger partial charge in [0.15, 0.2) is 0 Å². The van der Waals surface area contributed by atoms with E-state index in [9.17, 15) is 0 Å². The highest BCUT2D eigenvalue weighted by Gasteiger charge is 2.16. The van der Waals surface area contributed by atoms with E-state index in [1.807, 2.05) is 0 Å². The predicted molar refractivity (Wildman–Crippen MR) is 57.8 cm³/mol. The maximum Gasteiger partial charge on any atom is 0.119 e. The Morgan fingerprint density at radius 1 is 1.36 bits per heavy atom. The Morgan fingerprint density at radius 2 is 2.14 bits per heavy atom. The van der Waals surface area contributed by atoms with Crippen LogP contribution in [0.3, 0.4) is 0 Å². The van der Waals surface area contributed by atoms with E-state index in [2.05, 4.69) is 23.5 Å². The first-order valence-corrected chi connectivity index (χ1v) is 5.39. The quantitative estimate of drug-likeness (QED) is 0.679. The first kappa shape index (κ1) is 9.78. The number of hydrogen-bond donors (Lipinski definition) is 0. The molecule has 0 unspecified atom stereocenters. The minimum Gasteiger partial charge on any atom is -0.497 e. The van der Waals surface area contributed by atoms with Gasteiger partial charge in [-0.2, -0.15) is 0 Å². The molecule has 2 nitrogen and oxygen atoms in total. The molecule has 1 fully saturated rings. The second-order valence-corrected chi connectivity index (χ2v) is 3.92. The van der Waals surface area contributed by atoms with Crippen LogP contribution in [-0.4, -0.2) is 31.6 Å². The molecule has 1 aliphatic heterocycles. The van der Waals surface area contributed by atoms with E-state index in [1.165, 1.54) is 31.5 Å². The first-order valence-electron chi connectivity index (χ1n) is 5.39.